The summed E-state index contributed by atoms with van der Waals surface area (Å²) in [6, 6.07) is 17.3. The zero-order chi connectivity index (χ0) is 15.2. The summed E-state index contributed by atoms with van der Waals surface area (Å²) in [5.41, 5.74) is 2.18. The maximum atomic E-state index is 12.2. The Labute approximate surface area is 128 Å². The molecule has 2 aromatic carbocycles. The summed E-state index contributed by atoms with van der Waals surface area (Å²) in [6.07, 6.45) is 0.344. The van der Waals surface area contributed by atoms with Gasteiger partial charge in [0.2, 0.25) is 0 Å². The number of ketones is 1. The van der Waals surface area contributed by atoms with E-state index in [1.807, 2.05) is 54.6 Å². The summed E-state index contributed by atoms with van der Waals surface area (Å²) >= 11 is 0. The summed E-state index contributed by atoms with van der Waals surface area (Å²) in [5, 5.41) is 0. The van der Waals surface area contributed by atoms with Gasteiger partial charge in [0.25, 0.3) is 0 Å². The van der Waals surface area contributed by atoms with E-state index < -0.39 is 10.8 Å². The third-order valence-electron chi connectivity index (χ3n) is 3.35. The van der Waals surface area contributed by atoms with Crippen molar-refractivity contribution in [2.24, 2.45) is 0 Å². The molecule has 0 aliphatic carbocycles. The van der Waals surface area contributed by atoms with Crippen molar-refractivity contribution in [1.29, 1.82) is 0 Å². The second-order valence-corrected chi connectivity index (χ2v) is 6.87. The van der Waals surface area contributed by atoms with Crippen molar-refractivity contribution in [1.82, 2.24) is 0 Å². The van der Waals surface area contributed by atoms with Crippen molar-refractivity contribution in [2.75, 3.05) is 5.75 Å². The second-order valence-electron chi connectivity index (χ2n) is 5.41. The normalized spacial score (nSPS) is 12.3. The van der Waals surface area contributed by atoms with Crippen molar-refractivity contribution in [2.45, 2.75) is 31.1 Å². The van der Waals surface area contributed by atoms with Crippen molar-refractivity contribution in [3.63, 3.8) is 0 Å². The van der Waals surface area contributed by atoms with E-state index in [9.17, 15) is 9.00 Å². The van der Waals surface area contributed by atoms with Crippen LogP contribution in [0.5, 0.6) is 0 Å². The lowest BCUT2D eigenvalue weighted by molar-refractivity contribution is -0.116. The highest BCUT2D eigenvalue weighted by Gasteiger charge is 2.11. The van der Waals surface area contributed by atoms with Crippen LogP contribution in [0.25, 0.3) is 0 Å². The molecule has 0 aliphatic heterocycles. The average molecular weight is 300 g/mol. The van der Waals surface area contributed by atoms with Gasteiger partial charge in [-0.05, 0) is 29.2 Å². The third-order valence-corrected chi connectivity index (χ3v) is 4.73. The summed E-state index contributed by atoms with van der Waals surface area (Å²) in [6.45, 7) is 4.24. The molecule has 2 rings (SSSR count). The lowest BCUT2D eigenvalue weighted by Crippen LogP contribution is -2.13. The van der Waals surface area contributed by atoms with E-state index in [1.165, 1.54) is 5.56 Å². The molecular weight excluding hydrogens is 280 g/mol. The highest BCUT2D eigenvalue weighted by molar-refractivity contribution is 7.85. The molecule has 0 saturated carbocycles. The van der Waals surface area contributed by atoms with Crippen LogP contribution in [0.15, 0.2) is 59.5 Å². The summed E-state index contributed by atoms with van der Waals surface area (Å²) < 4.78 is 12.2. The van der Waals surface area contributed by atoms with Crippen molar-refractivity contribution in [3.05, 3.63) is 65.7 Å². The van der Waals surface area contributed by atoms with Crippen LogP contribution in [-0.2, 0) is 22.0 Å². The van der Waals surface area contributed by atoms with Crippen LogP contribution in [0.3, 0.4) is 0 Å². The molecule has 1 atom stereocenters. The van der Waals surface area contributed by atoms with E-state index in [2.05, 4.69) is 13.8 Å². The Morgan fingerprint density at radius 1 is 1.00 bits per heavy atom. The Morgan fingerprint density at radius 2 is 1.62 bits per heavy atom. The monoisotopic (exact) mass is 300 g/mol. The molecule has 21 heavy (non-hydrogen) atoms. The smallest absolute Gasteiger partial charge is 0.150 e. The molecule has 0 spiro atoms. The first-order valence-corrected chi connectivity index (χ1v) is 8.42. The van der Waals surface area contributed by atoms with E-state index >= 15 is 0 Å². The molecular formula is C18H20O2S. The fourth-order valence-corrected chi connectivity index (χ4v) is 3.11. The maximum absolute atomic E-state index is 12.2. The third kappa shape index (κ3) is 4.64. The molecule has 0 radical (unpaired) electrons. The zero-order valence-electron chi connectivity index (χ0n) is 12.4. The van der Waals surface area contributed by atoms with E-state index in [4.69, 9.17) is 0 Å². The SMILES string of the molecule is CC(C)c1ccc(S(=O)CC(=O)Cc2ccccc2)cc1. The summed E-state index contributed by atoms with van der Waals surface area (Å²) in [7, 11) is -1.26. The predicted octanol–water partition coefficient (Wildman–Crippen LogP) is 3.73. The number of hydrogen-bond acceptors (Lipinski definition) is 2. The van der Waals surface area contributed by atoms with E-state index in [-0.39, 0.29) is 11.5 Å². The Balaban J connectivity index is 1.96. The number of carbonyl (C=O) groups is 1. The van der Waals surface area contributed by atoms with Gasteiger partial charge >= 0.3 is 0 Å². The van der Waals surface area contributed by atoms with Crippen LogP contribution in [-0.4, -0.2) is 15.7 Å². The first kappa shape index (κ1) is 15.6. The zero-order valence-corrected chi connectivity index (χ0v) is 13.2. The number of rotatable bonds is 6. The van der Waals surface area contributed by atoms with Crippen molar-refractivity contribution >= 4 is 16.6 Å². The highest BCUT2D eigenvalue weighted by atomic mass is 32.2. The van der Waals surface area contributed by atoms with Gasteiger partial charge in [0, 0.05) is 11.3 Å². The van der Waals surface area contributed by atoms with E-state index in [0.29, 0.717) is 12.3 Å². The van der Waals surface area contributed by atoms with Crippen molar-refractivity contribution < 1.29 is 9.00 Å². The lowest BCUT2D eigenvalue weighted by Gasteiger charge is -2.07. The standard InChI is InChI=1S/C18H20O2S/c1-14(2)16-8-10-18(11-9-16)21(20)13-17(19)12-15-6-4-3-5-7-15/h3-11,14H,12-13H2,1-2H3. The van der Waals surface area contributed by atoms with Gasteiger partial charge in [0.05, 0.1) is 16.6 Å². The van der Waals surface area contributed by atoms with Gasteiger partial charge in [-0.3, -0.25) is 9.00 Å². The quantitative estimate of drug-likeness (QED) is 0.814. The largest absolute Gasteiger partial charge is 0.298 e. The molecule has 1 unspecified atom stereocenters. The van der Waals surface area contributed by atoms with Gasteiger partial charge in [-0.15, -0.1) is 0 Å². The molecule has 110 valence electrons. The number of benzene rings is 2. The molecule has 0 fully saturated rings. The van der Waals surface area contributed by atoms with Crippen LogP contribution in [0.1, 0.15) is 30.9 Å². The average Bonchev–Trinajstić information content (AvgIpc) is 2.48. The topological polar surface area (TPSA) is 34.1 Å². The van der Waals surface area contributed by atoms with Crippen LogP contribution < -0.4 is 0 Å². The Kier molecular flexibility index (Phi) is 5.45. The predicted molar refractivity (Wildman–Crippen MR) is 87.0 cm³/mol. The highest BCUT2D eigenvalue weighted by Crippen LogP contribution is 2.16. The Morgan fingerprint density at radius 3 is 2.19 bits per heavy atom. The maximum Gasteiger partial charge on any atom is 0.150 e. The molecule has 0 heterocycles. The van der Waals surface area contributed by atoms with Gasteiger partial charge < -0.3 is 0 Å². The molecule has 2 aromatic rings. The second kappa shape index (κ2) is 7.32. The number of Topliss-reactive ketones (excluding diaryl/α,β-unsaturated/α-hetero) is 1. The van der Waals surface area contributed by atoms with E-state index in [1.54, 1.807) is 0 Å². The summed E-state index contributed by atoms with van der Waals surface area (Å²) in [5.74, 6) is 0.537. The van der Waals surface area contributed by atoms with Crippen LogP contribution in [0.2, 0.25) is 0 Å². The fourth-order valence-electron chi connectivity index (χ4n) is 2.11. The van der Waals surface area contributed by atoms with Gasteiger partial charge in [0.15, 0.2) is 0 Å². The van der Waals surface area contributed by atoms with Crippen molar-refractivity contribution in [3.8, 4) is 0 Å². The first-order valence-electron chi connectivity index (χ1n) is 7.10. The Hall–Kier alpha value is -1.74. The first-order chi connectivity index (χ1) is 10.1. The summed E-state index contributed by atoms with van der Waals surface area (Å²) in [4.78, 5) is 12.7. The van der Waals surface area contributed by atoms with Gasteiger partial charge in [-0.25, -0.2) is 0 Å². The van der Waals surface area contributed by atoms with Gasteiger partial charge in [-0.2, -0.15) is 0 Å². The van der Waals surface area contributed by atoms with Crippen LogP contribution in [0.4, 0.5) is 0 Å². The Bertz CT molecular complexity index is 615. The molecule has 0 amide bonds. The molecule has 0 N–H and O–H groups in total. The molecule has 2 nitrogen and oxygen atoms in total. The fraction of sp³-hybridized carbons (Fsp3) is 0.278. The van der Waals surface area contributed by atoms with Gasteiger partial charge in [-0.1, -0.05) is 56.3 Å². The minimum absolute atomic E-state index is 0.00692. The minimum Gasteiger partial charge on any atom is -0.298 e. The molecule has 0 bridgehead atoms. The van der Waals surface area contributed by atoms with Crippen LogP contribution >= 0.6 is 0 Å². The van der Waals surface area contributed by atoms with Gasteiger partial charge in [0.1, 0.15) is 5.78 Å². The minimum atomic E-state index is -1.26. The van der Waals surface area contributed by atoms with E-state index in [0.717, 1.165) is 10.5 Å². The molecule has 0 aromatic heterocycles. The molecule has 0 aliphatic rings. The number of carbonyl (C=O) groups excluding carboxylic acids is 1. The molecule has 3 heteroatoms. The molecule has 0 saturated heterocycles. The lowest BCUT2D eigenvalue weighted by atomic mass is 10.0. The number of hydrogen-bond donors (Lipinski definition) is 0. The van der Waals surface area contributed by atoms with Crippen LogP contribution in [0, 0.1) is 0 Å².